The maximum absolute atomic E-state index is 11.6. The smallest absolute Gasteiger partial charge is 0.220 e. The van der Waals surface area contributed by atoms with Crippen molar-refractivity contribution in [1.82, 2.24) is 10.6 Å². The quantitative estimate of drug-likeness (QED) is 0.673. The molecular formula is C16H29Cl2N3O. The molecule has 4 nitrogen and oxygen atoms in total. The van der Waals surface area contributed by atoms with Crippen LogP contribution in [0.15, 0.2) is 24.3 Å². The van der Waals surface area contributed by atoms with E-state index in [0.29, 0.717) is 13.0 Å². The van der Waals surface area contributed by atoms with Gasteiger partial charge in [-0.3, -0.25) is 4.79 Å². The average molecular weight is 350 g/mol. The first-order chi connectivity index (χ1) is 9.69. The third-order valence-electron chi connectivity index (χ3n) is 3.37. The van der Waals surface area contributed by atoms with Gasteiger partial charge in [-0.15, -0.1) is 24.8 Å². The predicted octanol–water partition coefficient (Wildman–Crippen LogP) is 2.78. The van der Waals surface area contributed by atoms with Crippen LogP contribution in [0.25, 0.3) is 0 Å². The van der Waals surface area contributed by atoms with Crippen LogP contribution in [0.2, 0.25) is 0 Å². The Balaban J connectivity index is 0. The van der Waals surface area contributed by atoms with Crippen molar-refractivity contribution in [3.05, 3.63) is 29.8 Å². The molecule has 0 heterocycles. The maximum Gasteiger partial charge on any atom is 0.220 e. The Morgan fingerprint density at radius 2 is 1.86 bits per heavy atom. The second-order valence-electron chi connectivity index (χ2n) is 4.92. The molecule has 1 aromatic carbocycles. The van der Waals surface area contributed by atoms with E-state index in [0.717, 1.165) is 26.1 Å². The molecule has 0 saturated heterocycles. The molecule has 128 valence electrons. The number of hydrogen-bond acceptors (Lipinski definition) is 3. The largest absolute Gasteiger partial charge is 0.370 e. The summed E-state index contributed by atoms with van der Waals surface area (Å²) >= 11 is 0. The van der Waals surface area contributed by atoms with Crippen molar-refractivity contribution in [3.63, 3.8) is 0 Å². The first-order valence-electron chi connectivity index (χ1n) is 7.41. The number of amides is 1. The number of aryl methyl sites for hydroxylation is 1. The lowest BCUT2D eigenvalue weighted by Crippen LogP contribution is -2.35. The number of nitrogens with zero attached hydrogens (tertiary/aromatic N) is 1. The Morgan fingerprint density at radius 1 is 1.18 bits per heavy atom. The summed E-state index contributed by atoms with van der Waals surface area (Å²) < 4.78 is 0. The Kier molecular flexibility index (Phi) is 14.5. The number of likely N-dealkylation sites (N-methyl/N-ethyl adjacent to an activating group) is 1. The highest BCUT2D eigenvalue weighted by atomic mass is 35.5. The number of anilines is 1. The highest BCUT2D eigenvalue weighted by Crippen LogP contribution is 2.18. The van der Waals surface area contributed by atoms with E-state index in [-0.39, 0.29) is 30.7 Å². The van der Waals surface area contributed by atoms with Gasteiger partial charge in [0.1, 0.15) is 0 Å². The van der Waals surface area contributed by atoms with Crippen LogP contribution in [-0.2, 0) is 4.79 Å². The van der Waals surface area contributed by atoms with Gasteiger partial charge in [0.2, 0.25) is 5.91 Å². The Labute approximate surface area is 146 Å². The monoisotopic (exact) mass is 349 g/mol. The summed E-state index contributed by atoms with van der Waals surface area (Å²) in [6.45, 7) is 7.63. The molecular weight excluding hydrogens is 321 g/mol. The lowest BCUT2D eigenvalue weighted by atomic mass is 10.2. The number of carbonyl (C=O) groups is 1. The first kappa shape index (κ1) is 23.3. The standard InChI is InChI=1S/C16H27N3O.2ClH/c1-4-19(15-9-6-5-8-14(15)2)13-12-18-16(20)10-7-11-17-3;;/h5-6,8-9,17H,4,7,10-13H2,1-3H3,(H,18,20);2*1H. The summed E-state index contributed by atoms with van der Waals surface area (Å²) in [4.78, 5) is 13.9. The number of benzene rings is 1. The van der Waals surface area contributed by atoms with Crippen LogP contribution in [0.4, 0.5) is 5.69 Å². The van der Waals surface area contributed by atoms with E-state index in [1.54, 1.807) is 0 Å². The minimum Gasteiger partial charge on any atom is -0.370 e. The van der Waals surface area contributed by atoms with Crippen LogP contribution in [0.5, 0.6) is 0 Å². The minimum absolute atomic E-state index is 0. The highest BCUT2D eigenvalue weighted by molar-refractivity contribution is 5.85. The van der Waals surface area contributed by atoms with Crippen molar-refractivity contribution in [3.8, 4) is 0 Å². The Morgan fingerprint density at radius 3 is 2.45 bits per heavy atom. The molecule has 22 heavy (non-hydrogen) atoms. The van der Waals surface area contributed by atoms with Crippen molar-refractivity contribution in [2.24, 2.45) is 0 Å². The topological polar surface area (TPSA) is 44.4 Å². The summed E-state index contributed by atoms with van der Waals surface area (Å²) in [6, 6.07) is 8.36. The molecule has 0 aliphatic heterocycles. The summed E-state index contributed by atoms with van der Waals surface area (Å²) in [7, 11) is 1.90. The average Bonchev–Trinajstić information content (AvgIpc) is 2.45. The number of carbonyl (C=O) groups excluding carboxylic acids is 1. The highest BCUT2D eigenvalue weighted by Gasteiger charge is 2.07. The van der Waals surface area contributed by atoms with Gasteiger partial charge in [-0.25, -0.2) is 0 Å². The molecule has 0 aliphatic rings. The Bertz CT molecular complexity index is 416. The second-order valence-corrected chi connectivity index (χ2v) is 4.92. The van der Waals surface area contributed by atoms with Gasteiger partial charge in [-0.1, -0.05) is 18.2 Å². The normalized spacial score (nSPS) is 9.41. The molecule has 0 fully saturated rings. The lowest BCUT2D eigenvalue weighted by molar-refractivity contribution is -0.121. The number of halogens is 2. The third-order valence-corrected chi connectivity index (χ3v) is 3.37. The first-order valence-corrected chi connectivity index (χ1v) is 7.41. The van der Waals surface area contributed by atoms with Gasteiger partial charge in [0.05, 0.1) is 0 Å². The molecule has 0 saturated carbocycles. The van der Waals surface area contributed by atoms with Crippen molar-refractivity contribution >= 4 is 36.4 Å². The van der Waals surface area contributed by atoms with Crippen molar-refractivity contribution in [2.75, 3.05) is 38.1 Å². The molecule has 2 N–H and O–H groups in total. The van der Waals surface area contributed by atoms with E-state index in [1.807, 2.05) is 7.05 Å². The summed E-state index contributed by atoms with van der Waals surface area (Å²) in [5, 5.41) is 6.03. The molecule has 1 aromatic rings. The van der Waals surface area contributed by atoms with Gasteiger partial charge < -0.3 is 15.5 Å². The van der Waals surface area contributed by atoms with Gasteiger partial charge in [-0.2, -0.15) is 0 Å². The predicted molar refractivity (Wildman–Crippen MR) is 99.7 cm³/mol. The Hall–Kier alpha value is -0.970. The third kappa shape index (κ3) is 8.47. The van der Waals surface area contributed by atoms with Crippen molar-refractivity contribution in [2.45, 2.75) is 26.7 Å². The van der Waals surface area contributed by atoms with Gasteiger partial charge in [0, 0.05) is 31.7 Å². The van der Waals surface area contributed by atoms with Crippen LogP contribution in [0, 0.1) is 6.92 Å². The van der Waals surface area contributed by atoms with Crippen LogP contribution in [-0.4, -0.2) is 39.1 Å². The molecule has 6 heteroatoms. The summed E-state index contributed by atoms with van der Waals surface area (Å²) in [6.07, 6.45) is 1.48. The number of rotatable bonds is 9. The minimum atomic E-state index is 0. The molecule has 0 bridgehead atoms. The second kappa shape index (κ2) is 13.7. The van der Waals surface area contributed by atoms with E-state index in [2.05, 4.69) is 53.6 Å². The summed E-state index contributed by atoms with van der Waals surface area (Å²) in [5.74, 6) is 0.140. The van der Waals surface area contributed by atoms with E-state index in [9.17, 15) is 4.79 Å². The van der Waals surface area contributed by atoms with Crippen LogP contribution in [0.3, 0.4) is 0 Å². The SMILES string of the molecule is CCN(CCNC(=O)CCCNC)c1ccccc1C.Cl.Cl. The number of nitrogens with one attached hydrogen (secondary N) is 2. The summed E-state index contributed by atoms with van der Waals surface area (Å²) in [5.41, 5.74) is 2.52. The van der Waals surface area contributed by atoms with Gasteiger partial charge in [0.15, 0.2) is 0 Å². The lowest BCUT2D eigenvalue weighted by Gasteiger charge is -2.25. The molecule has 1 rings (SSSR count). The number of hydrogen-bond donors (Lipinski definition) is 2. The van der Waals surface area contributed by atoms with E-state index < -0.39 is 0 Å². The van der Waals surface area contributed by atoms with Crippen molar-refractivity contribution < 1.29 is 4.79 Å². The fourth-order valence-corrected chi connectivity index (χ4v) is 2.21. The number of para-hydroxylation sites is 1. The van der Waals surface area contributed by atoms with E-state index >= 15 is 0 Å². The molecule has 0 aromatic heterocycles. The molecule has 1 amide bonds. The van der Waals surface area contributed by atoms with Crippen LogP contribution < -0.4 is 15.5 Å². The zero-order valence-corrected chi connectivity index (χ0v) is 15.4. The molecule has 0 aliphatic carbocycles. The fraction of sp³-hybridized carbons (Fsp3) is 0.562. The van der Waals surface area contributed by atoms with E-state index in [1.165, 1.54) is 11.3 Å². The fourth-order valence-electron chi connectivity index (χ4n) is 2.21. The maximum atomic E-state index is 11.6. The van der Waals surface area contributed by atoms with Gasteiger partial charge in [0.25, 0.3) is 0 Å². The molecule has 0 spiro atoms. The van der Waals surface area contributed by atoms with E-state index in [4.69, 9.17) is 0 Å². The van der Waals surface area contributed by atoms with Gasteiger partial charge in [-0.05, 0) is 45.5 Å². The van der Waals surface area contributed by atoms with Crippen LogP contribution in [0.1, 0.15) is 25.3 Å². The molecule has 0 atom stereocenters. The zero-order chi connectivity index (χ0) is 14.8. The molecule has 0 unspecified atom stereocenters. The van der Waals surface area contributed by atoms with Crippen molar-refractivity contribution in [1.29, 1.82) is 0 Å². The zero-order valence-electron chi connectivity index (χ0n) is 13.7. The molecule has 0 radical (unpaired) electrons. The van der Waals surface area contributed by atoms with Crippen LogP contribution >= 0.6 is 24.8 Å². The van der Waals surface area contributed by atoms with Gasteiger partial charge >= 0.3 is 0 Å².